The molecule has 0 radical (unpaired) electrons. The quantitative estimate of drug-likeness (QED) is 0.630. The third-order valence-corrected chi connectivity index (χ3v) is 6.22. The lowest BCUT2D eigenvalue weighted by molar-refractivity contribution is -0.189. The van der Waals surface area contributed by atoms with Gasteiger partial charge in [-0.15, -0.1) is 0 Å². The average Bonchev–Trinajstić information content (AvgIpc) is 2.96. The Labute approximate surface area is 185 Å². The van der Waals surface area contributed by atoms with Crippen LogP contribution in [0, 0.1) is 0 Å². The van der Waals surface area contributed by atoms with Crippen molar-refractivity contribution in [2.24, 2.45) is 0 Å². The van der Waals surface area contributed by atoms with Gasteiger partial charge in [0.15, 0.2) is 6.04 Å². The van der Waals surface area contributed by atoms with E-state index in [9.17, 15) is 22.8 Å². The van der Waals surface area contributed by atoms with E-state index < -0.39 is 36.9 Å². The number of carbonyl (C=O) groups is 2. The Morgan fingerprint density at radius 2 is 1.75 bits per heavy atom. The van der Waals surface area contributed by atoms with Crippen LogP contribution in [0.1, 0.15) is 49.4 Å². The minimum absolute atomic E-state index is 0.0804. The highest BCUT2D eigenvalue weighted by Gasteiger charge is 2.45. The SMILES string of the molecule is CN(C(=O)CCC(=O)O)[C@@H](c1ccc(NC2Cc3ccccc3C2(C)C)cc1)C(F)(F)F. The molecule has 0 aromatic heterocycles. The number of carbonyl (C=O) groups excluding carboxylic acids is 1. The van der Waals surface area contributed by atoms with E-state index >= 15 is 0 Å². The molecule has 0 aliphatic heterocycles. The van der Waals surface area contributed by atoms with Crippen molar-refractivity contribution in [3.63, 3.8) is 0 Å². The number of anilines is 1. The van der Waals surface area contributed by atoms with Crippen molar-refractivity contribution in [2.75, 3.05) is 12.4 Å². The highest BCUT2D eigenvalue weighted by Crippen LogP contribution is 2.41. The predicted octanol–water partition coefficient (Wildman–Crippen LogP) is 4.93. The van der Waals surface area contributed by atoms with Crippen LogP contribution in [0.3, 0.4) is 0 Å². The van der Waals surface area contributed by atoms with Crippen LogP contribution in [0.5, 0.6) is 0 Å². The molecule has 2 aromatic carbocycles. The maximum Gasteiger partial charge on any atom is 0.413 e. The number of hydrogen-bond donors (Lipinski definition) is 2. The molecule has 1 unspecified atom stereocenters. The number of alkyl halides is 3. The zero-order valence-corrected chi connectivity index (χ0v) is 18.2. The van der Waals surface area contributed by atoms with Crippen LogP contribution in [0.25, 0.3) is 0 Å². The highest BCUT2D eigenvalue weighted by molar-refractivity contribution is 5.81. The van der Waals surface area contributed by atoms with Crippen LogP contribution < -0.4 is 5.32 Å². The maximum absolute atomic E-state index is 13.8. The van der Waals surface area contributed by atoms with Gasteiger partial charge in [-0.25, -0.2) is 0 Å². The summed E-state index contributed by atoms with van der Waals surface area (Å²) in [5, 5.41) is 12.1. The zero-order chi connectivity index (χ0) is 23.7. The highest BCUT2D eigenvalue weighted by atomic mass is 19.4. The lowest BCUT2D eigenvalue weighted by atomic mass is 9.83. The number of amides is 1. The molecule has 172 valence electrons. The predicted molar refractivity (Wildman–Crippen MR) is 115 cm³/mol. The molecule has 0 fully saturated rings. The molecule has 1 aliphatic rings. The fourth-order valence-corrected chi connectivity index (χ4v) is 4.35. The number of halogens is 3. The van der Waals surface area contributed by atoms with E-state index in [0.29, 0.717) is 10.6 Å². The lowest BCUT2D eigenvalue weighted by Crippen LogP contribution is -2.40. The van der Waals surface area contributed by atoms with E-state index in [1.807, 2.05) is 12.1 Å². The van der Waals surface area contributed by atoms with Gasteiger partial charge in [0.2, 0.25) is 5.91 Å². The van der Waals surface area contributed by atoms with Gasteiger partial charge in [0.05, 0.1) is 6.42 Å². The minimum atomic E-state index is -4.70. The second-order valence-corrected chi connectivity index (χ2v) is 8.74. The number of aliphatic carboxylic acids is 1. The fourth-order valence-electron chi connectivity index (χ4n) is 4.35. The summed E-state index contributed by atoms with van der Waals surface area (Å²) in [6.07, 6.45) is -4.89. The van der Waals surface area contributed by atoms with Crippen molar-refractivity contribution in [3.05, 3.63) is 65.2 Å². The normalized spacial score (nSPS) is 18.0. The van der Waals surface area contributed by atoms with Crippen molar-refractivity contribution in [1.82, 2.24) is 4.90 Å². The van der Waals surface area contributed by atoms with Gasteiger partial charge in [-0.3, -0.25) is 9.59 Å². The largest absolute Gasteiger partial charge is 0.481 e. The Kier molecular flexibility index (Phi) is 6.53. The topological polar surface area (TPSA) is 69.6 Å². The standard InChI is InChI=1S/C24H27F3N2O3/c1-23(2)18-7-5-4-6-16(18)14-19(23)28-17-10-8-15(9-11-17)22(24(25,26)27)29(3)20(30)12-13-21(31)32/h4-11,19,22,28H,12-14H2,1-3H3,(H,31,32)/t19?,22-/m0/s1. The Balaban J connectivity index is 1.77. The van der Waals surface area contributed by atoms with E-state index in [0.717, 1.165) is 13.5 Å². The molecular formula is C24H27F3N2O3. The Morgan fingerprint density at radius 3 is 2.31 bits per heavy atom. The van der Waals surface area contributed by atoms with Crippen LogP contribution in [-0.4, -0.2) is 41.1 Å². The van der Waals surface area contributed by atoms with E-state index in [4.69, 9.17) is 5.11 Å². The summed E-state index contributed by atoms with van der Waals surface area (Å²) in [4.78, 5) is 23.4. The van der Waals surface area contributed by atoms with Crippen LogP contribution in [0.4, 0.5) is 18.9 Å². The Hall–Kier alpha value is -3.03. The Bertz CT molecular complexity index is 987. The van der Waals surface area contributed by atoms with Crippen molar-refractivity contribution >= 4 is 17.6 Å². The van der Waals surface area contributed by atoms with Gasteiger partial charge in [-0.2, -0.15) is 13.2 Å². The number of carboxylic acids is 1. The van der Waals surface area contributed by atoms with Crippen LogP contribution in [-0.2, 0) is 21.4 Å². The molecule has 8 heteroatoms. The minimum Gasteiger partial charge on any atom is -0.481 e. The lowest BCUT2D eigenvalue weighted by Gasteiger charge is -2.31. The summed E-state index contributed by atoms with van der Waals surface area (Å²) in [6.45, 7) is 4.28. The molecule has 2 atom stereocenters. The van der Waals surface area contributed by atoms with Gasteiger partial charge < -0.3 is 15.3 Å². The van der Waals surface area contributed by atoms with Crippen LogP contribution in [0.15, 0.2) is 48.5 Å². The first-order chi connectivity index (χ1) is 14.9. The third kappa shape index (κ3) is 4.89. The molecule has 5 nitrogen and oxygen atoms in total. The molecule has 1 aliphatic carbocycles. The first kappa shape index (κ1) is 23.6. The monoisotopic (exact) mass is 448 g/mol. The molecule has 0 saturated carbocycles. The van der Waals surface area contributed by atoms with Gasteiger partial charge in [-0.1, -0.05) is 50.2 Å². The molecule has 2 N–H and O–H groups in total. The van der Waals surface area contributed by atoms with Gasteiger partial charge in [0.25, 0.3) is 0 Å². The van der Waals surface area contributed by atoms with Gasteiger partial charge in [0.1, 0.15) is 0 Å². The summed E-state index contributed by atoms with van der Waals surface area (Å²) in [5.41, 5.74) is 2.99. The molecule has 32 heavy (non-hydrogen) atoms. The molecule has 2 aromatic rings. The third-order valence-electron chi connectivity index (χ3n) is 6.22. The first-order valence-corrected chi connectivity index (χ1v) is 10.4. The van der Waals surface area contributed by atoms with Gasteiger partial charge in [0, 0.05) is 30.6 Å². The van der Waals surface area contributed by atoms with Crippen molar-refractivity contribution in [1.29, 1.82) is 0 Å². The zero-order valence-electron chi connectivity index (χ0n) is 18.2. The van der Waals surface area contributed by atoms with E-state index in [1.165, 1.54) is 23.3 Å². The molecule has 3 rings (SSSR count). The maximum atomic E-state index is 13.8. The second kappa shape index (κ2) is 8.84. The molecule has 1 amide bonds. The van der Waals surface area contributed by atoms with Crippen molar-refractivity contribution < 1.29 is 27.9 Å². The number of nitrogens with one attached hydrogen (secondary N) is 1. The molecule has 0 heterocycles. The number of fused-ring (bicyclic) bond motifs is 1. The van der Waals surface area contributed by atoms with Crippen molar-refractivity contribution in [2.45, 2.75) is 56.8 Å². The summed E-state index contributed by atoms with van der Waals surface area (Å²) in [5.74, 6) is -2.11. The summed E-state index contributed by atoms with van der Waals surface area (Å²) >= 11 is 0. The van der Waals surface area contributed by atoms with Gasteiger partial charge in [-0.05, 0) is 35.2 Å². The smallest absolute Gasteiger partial charge is 0.413 e. The number of rotatable bonds is 7. The fraction of sp³-hybridized carbons (Fsp3) is 0.417. The number of nitrogens with zero attached hydrogens (tertiary/aromatic N) is 1. The Morgan fingerprint density at radius 1 is 1.12 bits per heavy atom. The van der Waals surface area contributed by atoms with Crippen LogP contribution >= 0.6 is 0 Å². The first-order valence-electron chi connectivity index (χ1n) is 10.4. The second-order valence-electron chi connectivity index (χ2n) is 8.74. The van der Waals surface area contributed by atoms with E-state index in [-0.39, 0.29) is 17.0 Å². The average molecular weight is 448 g/mol. The van der Waals surface area contributed by atoms with E-state index in [2.05, 4.69) is 31.3 Å². The molecular weight excluding hydrogens is 421 g/mol. The number of hydrogen-bond acceptors (Lipinski definition) is 3. The summed E-state index contributed by atoms with van der Waals surface area (Å²) < 4.78 is 41.3. The number of benzene rings is 2. The molecule has 0 spiro atoms. The summed E-state index contributed by atoms with van der Waals surface area (Å²) in [7, 11) is 1.05. The molecule has 0 bridgehead atoms. The number of carboxylic acid groups (broad SMARTS) is 1. The van der Waals surface area contributed by atoms with Gasteiger partial charge >= 0.3 is 12.1 Å². The van der Waals surface area contributed by atoms with Crippen molar-refractivity contribution in [3.8, 4) is 0 Å². The van der Waals surface area contributed by atoms with E-state index in [1.54, 1.807) is 12.1 Å². The summed E-state index contributed by atoms with van der Waals surface area (Å²) in [6, 6.07) is 12.0. The van der Waals surface area contributed by atoms with Crippen LogP contribution in [0.2, 0.25) is 0 Å². The molecule has 0 saturated heterocycles.